The number of rotatable bonds is 3. The molecular formula is C16H24N4O2. The lowest BCUT2D eigenvalue weighted by Gasteiger charge is -2.34. The van der Waals surface area contributed by atoms with E-state index in [-0.39, 0.29) is 23.9 Å². The van der Waals surface area contributed by atoms with E-state index in [1.807, 2.05) is 4.90 Å². The predicted molar refractivity (Wildman–Crippen MR) is 82.3 cm³/mol. The van der Waals surface area contributed by atoms with Gasteiger partial charge in [-0.3, -0.25) is 14.7 Å². The van der Waals surface area contributed by atoms with Crippen molar-refractivity contribution < 1.29 is 9.59 Å². The van der Waals surface area contributed by atoms with Crippen molar-refractivity contribution in [2.45, 2.75) is 64.0 Å². The van der Waals surface area contributed by atoms with Gasteiger partial charge in [0.1, 0.15) is 5.69 Å². The average Bonchev–Trinajstić information content (AvgIpc) is 3.18. The van der Waals surface area contributed by atoms with Gasteiger partial charge in [-0.1, -0.05) is 12.8 Å². The van der Waals surface area contributed by atoms with Crippen LogP contribution in [0.2, 0.25) is 0 Å². The Morgan fingerprint density at radius 3 is 2.68 bits per heavy atom. The van der Waals surface area contributed by atoms with Gasteiger partial charge in [-0.05, 0) is 38.2 Å². The van der Waals surface area contributed by atoms with Gasteiger partial charge in [0.2, 0.25) is 5.91 Å². The fourth-order valence-corrected chi connectivity index (χ4v) is 3.58. The molecule has 0 radical (unpaired) electrons. The molecule has 1 atom stereocenters. The van der Waals surface area contributed by atoms with Gasteiger partial charge in [-0.15, -0.1) is 0 Å². The molecule has 22 heavy (non-hydrogen) atoms. The van der Waals surface area contributed by atoms with Crippen molar-refractivity contribution >= 4 is 11.8 Å². The van der Waals surface area contributed by atoms with Crippen molar-refractivity contribution in [3.05, 3.63) is 17.5 Å². The summed E-state index contributed by atoms with van der Waals surface area (Å²) < 4.78 is 0. The lowest BCUT2D eigenvalue weighted by atomic mass is 9.99. The minimum Gasteiger partial charge on any atom is -0.348 e. The SMILES string of the molecule is CC(=O)N1CCCCC1c1cc(C(=O)NC2CCCC2)n[nH]1. The first-order valence-electron chi connectivity index (χ1n) is 8.28. The van der Waals surface area contributed by atoms with Crippen molar-refractivity contribution in [3.63, 3.8) is 0 Å². The third-order valence-electron chi connectivity index (χ3n) is 4.79. The van der Waals surface area contributed by atoms with Gasteiger partial charge in [0.25, 0.3) is 5.91 Å². The van der Waals surface area contributed by atoms with Crippen LogP contribution >= 0.6 is 0 Å². The summed E-state index contributed by atoms with van der Waals surface area (Å²) in [6.07, 6.45) is 7.55. The summed E-state index contributed by atoms with van der Waals surface area (Å²) in [6, 6.07) is 2.11. The summed E-state index contributed by atoms with van der Waals surface area (Å²) >= 11 is 0. The maximum absolute atomic E-state index is 12.2. The lowest BCUT2D eigenvalue weighted by Crippen LogP contribution is -2.37. The molecule has 6 heteroatoms. The molecule has 2 N–H and O–H groups in total. The number of piperidine rings is 1. The molecule has 1 aliphatic heterocycles. The van der Waals surface area contributed by atoms with Gasteiger partial charge >= 0.3 is 0 Å². The predicted octanol–water partition coefficient (Wildman–Crippen LogP) is 2.16. The lowest BCUT2D eigenvalue weighted by molar-refractivity contribution is -0.132. The van der Waals surface area contributed by atoms with Crippen LogP contribution in [-0.2, 0) is 4.79 Å². The maximum Gasteiger partial charge on any atom is 0.271 e. The highest BCUT2D eigenvalue weighted by atomic mass is 16.2. The van der Waals surface area contributed by atoms with E-state index in [0.29, 0.717) is 5.69 Å². The molecule has 2 heterocycles. The van der Waals surface area contributed by atoms with E-state index in [1.54, 1.807) is 13.0 Å². The Morgan fingerprint density at radius 2 is 1.95 bits per heavy atom. The number of amides is 2. The van der Waals surface area contributed by atoms with Crippen molar-refractivity contribution in [2.75, 3.05) is 6.54 Å². The quantitative estimate of drug-likeness (QED) is 0.898. The number of aromatic amines is 1. The second-order valence-corrected chi connectivity index (χ2v) is 6.39. The summed E-state index contributed by atoms with van der Waals surface area (Å²) in [7, 11) is 0. The van der Waals surface area contributed by atoms with E-state index >= 15 is 0 Å². The minimum atomic E-state index is -0.111. The van der Waals surface area contributed by atoms with Crippen LogP contribution < -0.4 is 5.32 Å². The number of aromatic nitrogens is 2. The number of hydrogen-bond acceptors (Lipinski definition) is 3. The first-order chi connectivity index (χ1) is 10.6. The van der Waals surface area contributed by atoms with Crippen LogP contribution in [0.5, 0.6) is 0 Å². The molecule has 1 saturated heterocycles. The largest absolute Gasteiger partial charge is 0.348 e. The van der Waals surface area contributed by atoms with Crippen LogP contribution in [0, 0.1) is 0 Å². The molecule has 3 rings (SSSR count). The number of likely N-dealkylation sites (tertiary alicyclic amines) is 1. The molecule has 2 aliphatic rings. The third-order valence-corrected chi connectivity index (χ3v) is 4.79. The highest BCUT2D eigenvalue weighted by Crippen LogP contribution is 2.30. The van der Waals surface area contributed by atoms with Gasteiger partial charge in [0.15, 0.2) is 0 Å². The Morgan fingerprint density at radius 1 is 1.23 bits per heavy atom. The number of H-pyrrole nitrogens is 1. The Labute approximate surface area is 130 Å². The summed E-state index contributed by atoms with van der Waals surface area (Å²) in [5.74, 6) is -0.0316. The molecule has 6 nitrogen and oxygen atoms in total. The fraction of sp³-hybridized carbons (Fsp3) is 0.688. The van der Waals surface area contributed by atoms with Gasteiger partial charge in [0.05, 0.1) is 11.7 Å². The zero-order valence-electron chi connectivity index (χ0n) is 13.1. The smallest absolute Gasteiger partial charge is 0.271 e. The van der Waals surface area contributed by atoms with Gasteiger partial charge < -0.3 is 10.2 Å². The molecule has 1 aliphatic carbocycles. The van der Waals surface area contributed by atoms with Crippen LogP contribution in [0.4, 0.5) is 0 Å². The first-order valence-corrected chi connectivity index (χ1v) is 8.28. The Kier molecular flexibility index (Phi) is 4.45. The fourth-order valence-electron chi connectivity index (χ4n) is 3.58. The zero-order valence-corrected chi connectivity index (χ0v) is 13.1. The normalized spacial score (nSPS) is 22.8. The summed E-state index contributed by atoms with van der Waals surface area (Å²) in [5.41, 5.74) is 1.29. The third kappa shape index (κ3) is 3.15. The minimum absolute atomic E-state index is 0.0202. The second kappa shape index (κ2) is 6.50. The van der Waals surface area contributed by atoms with E-state index in [4.69, 9.17) is 0 Å². The van der Waals surface area contributed by atoms with Crippen molar-refractivity contribution in [2.24, 2.45) is 0 Å². The van der Waals surface area contributed by atoms with Crippen molar-refractivity contribution in [3.8, 4) is 0 Å². The molecule has 1 aromatic heterocycles. The molecule has 2 amide bonds. The molecule has 1 aromatic rings. The standard InChI is InChI=1S/C16H24N4O2/c1-11(21)20-9-5-4-8-15(20)13-10-14(19-18-13)16(22)17-12-6-2-3-7-12/h10,12,15H,2-9H2,1H3,(H,17,22)(H,18,19). The second-order valence-electron chi connectivity index (χ2n) is 6.39. The van der Waals surface area contributed by atoms with Crippen LogP contribution in [0.25, 0.3) is 0 Å². The monoisotopic (exact) mass is 304 g/mol. The highest BCUT2D eigenvalue weighted by molar-refractivity contribution is 5.92. The zero-order chi connectivity index (χ0) is 15.5. The number of carbonyl (C=O) groups is 2. The van der Waals surface area contributed by atoms with E-state index < -0.39 is 0 Å². The van der Waals surface area contributed by atoms with Crippen molar-refractivity contribution in [1.82, 2.24) is 20.4 Å². The number of hydrogen-bond donors (Lipinski definition) is 2. The van der Waals surface area contributed by atoms with E-state index in [1.165, 1.54) is 12.8 Å². The molecule has 0 bridgehead atoms. The molecule has 2 fully saturated rings. The maximum atomic E-state index is 12.2. The first kappa shape index (κ1) is 15.1. The van der Waals surface area contributed by atoms with E-state index in [0.717, 1.165) is 44.3 Å². The van der Waals surface area contributed by atoms with E-state index in [2.05, 4.69) is 15.5 Å². The molecular weight excluding hydrogens is 280 g/mol. The van der Waals surface area contributed by atoms with Crippen LogP contribution in [0.1, 0.15) is 74.1 Å². The Balaban J connectivity index is 1.69. The summed E-state index contributed by atoms with van der Waals surface area (Å²) in [6.45, 7) is 2.38. The Hall–Kier alpha value is -1.85. The Bertz CT molecular complexity index is 548. The molecule has 0 spiro atoms. The van der Waals surface area contributed by atoms with Gasteiger partial charge in [0, 0.05) is 19.5 Å². The van der Waals surface area contributed by atoms with Crippen molar-refractivity contribution in [1.29, 1.82) is 0 Å². The summed E-state index contributed by atoms with van der Waals surface area (Å²) in [5, 5.41) is 10.2. The number of nitrogens with zero attached hydrogens (tertiary/aromatic N) is 2. The molecule has 120 valence electrons. The summed E-state index contributed by atoms with van der Waals surface area (Å²) in [4.78, 5) is 25.9. The van der Waals surface area contributed by atoms with Crippen LogP contribution in [-0.4, -0.2) is 39.5 Å². The van der Waals surface area contributed by atoms with E-state index in [9.17, 15) is 9.59 Å². The number of nitrogens with one attached hydrogen (secondary N) is 2. The van der Waals surface area contributed by atoms with Gasteiger partial charge in [-0.2, -0.15) is 5.10 Å². The number of carbonyl (C=O) groups excluding carboxylic acids is 2. The topological polar surface area (TPSA) is 78.1 Å². The van der Waals surface area contributed by atoms with Crippen LogP contribution in [0.3, 0.4) is 0 Å². The van der Waals surface area contributed by atoms with Gasteiger partial charge in [-0.25, -0.2) is 0 Å². The van der Waals surface area contributed by atoms with Crippen LogP contribution in [0.15, 0.2) is 6.07 Å². The molecule has 1 unspecified atom stereocenters. The highest BCUT2D eigenvalue weighted by Gasteiger charge is 2.28. The average molecular weight is 304 g/mol. The molecule has 1 saturated carbocycles. The molecule has 0 aromatic carbocycles.